The van der Waals surface area contributed by atoms with Crippen LogP contribution in [0.1, 0.15) is 33.1 Å². The molecule has 1 aromatic carbocycles. The van der Waals surface area contributed by atoms with Crippen LogP contribution < -0.4 is 10.6 Å². The number of imide groups is 1. The Bertz CT molecular complexity index is 1020. The lowest BCUT2D eigenvalue weighted by Gasteiger charge is -2.09. The van der Waals surface area contributed by atoms with E-state index in [1.807, 2.05) is 47.9 Å². The predicted molar refractivity (Wildman–Crippen MR) is 109 cm³/mol. The zero-order valence-electron chi connectivity index (χ0n) is 16.8. The molecule has 8 nitrogen and oxygen atoms in total. The minimum absolute atomic E-state index is 0.279. The molecule has 3 rings (SSSR count). The monoisotopic (exact) mass is 409 g/mol. The summed E-state index contributed by atoms with van der Waals surface area (Å²) in [5.74, 6) is -0.579. The number of benzene rings is 1. The van der Waals surface area contributed by atoms with Crippen molar-refractivity contribution in [2.45, 2.75) is 26.9 Å². The summed E-state index contributed by atoms with van der Waals surface area (Å²) in [4.78, 5) is 36.1. The molecule has 30 heavy (non-hydrogen) atoms. The number of aromatic nitrogens is 1. The van der Waals surface area contributed by atoms with Gasteiger partial charge in [0.1, 0.15) is 5.76 Å². The highest BCUT2D eigenvalue weighted by atomic mass is 16.5. The lowest BCUT2D eigenvalue weighted by Crippen LogP contribution is -2.41. The number of amides is 3. The summed E-state index contributed by atoms with van der Waals surface area (Å²) in [6.07, 6.45) is 1.59. The van der Waals surface area contributed by atoms with Gasteiger partial charge in [0.25, 0.3) is 5.91 Å². The number of carbonyl (C=O) groups excluding carboxylic acids is 3. The molecule has 0 aliphatic heterocycles. The van der Waals surface area contributed by atoms with Gasteiger partial charge in [-0.25, -0.2) is 9.59 Å². The Labute approximate surface area is 173 Å². The van der Waals surface area contributed by atoms with Crippen LogP contribution in [0.5, 0.6) is 0 Å². The molecule has 156 valence electrons. The van der Waals surface area contributed by atoms with Crippen LogP contribution in [-0.4, -0.2) is 29.1 Å². The molecule has 8 heteroatoms. The molecule has 0 saturated carbocycles. The van der Waals surface area contributed by atoms with Crippen molar-refractivity contribution in [1.82, 2.24) is 15.2 Å². The number of esters is 1. The summed E-state index contributed by atoms with van der Waals surface area (Å²) in [7, 11) is 0. The summed E-state index contributed by atoms with van der Waals surface area (Å²) in [6, 6.07) is 14.0. The van der Waals surface area contributed by atoms with Crippen molar-refractivity contribution in [1.29, 1.82) is 0 Å². The number of furan rings is 1. The highest BCUT2D eigenvalue weighted by Crippen LogP contribution is 2.18. The van der Waals surface area contributed by atoms with E-state index in [4.69, 9.17) is 9.15 Å². The van der Waals surface area contributed by atoms with Crippen molar-refractivity contribution >= 4 is 17.9 Å². The fourth-order valence-corrected chi connectivity index (χ4v) is 3.00. The number of hydrogen-bond acceptors (Lipinski definition) is 5. The van der Waals surface area contributed by atoms with Crippen LogP contribution in [0.15, 0.2) is 59.2 Å². The number of nitrogens with one attached hydrogen (secondary N) is 2. The number of urea groups is 1. The van der Waals surface area contributed by atoms with Gasteiger partial charge in [0.15, 0.2) is 6.61 Å². The number of aryl methyl sites for hydroxylation is 1. The molecule has 0 aliphatic carbocycles. The van der Waals surface area contributed by atoms with Crippen LogP contribution in [0.4, 0.5) is 4.79 Å². The molecule has 2 N–H and O–H groups in total. The molecule has 0 atom stereocenters. The molecule has 0 radical (unpaired) electrons. The van der Waals surface area contributed by atoms with E-state index in [2.05, 4.69) is 10.6 Å². The second kappa shape index (κ2) is 9.60. The smallest absolute Gasteiger partial charge is 0.340 e. The van der Waals surface area contributed by atoms with Gasteiger partial charge in [0, 0.05) is 17.9 Å². The van der Waals surface area contributed by atoms with Gasteiger partial charge in [-0.15, -0.1) is 0 Å². The molecule has 0 spiro atoms. The van der Waals surface area contributed by atoms with Crippen LogP contribution >= 0.6 is 0 Å². The van der Waals surface area contributed by atoms with Crippen LogP contribution in [0, 0.1) is 13.8 Å². The summed E-state index contributed by atoms with van der Waals surface area (Å²) < 4.78 is 12.3. The van der Waals surface area contributed by atoms with E-state index in [9.17, 15) is 14.4 Å². The van der Waals surface area contributed by atoms with Crippen molar-refractivity contribution < 1.29 is 23.5 Å². The maximum Gasteiger partial charge on any atom is 0.340 e. The standard InChI is InChI=1S/C22H23N3O5/c1-15-11-19(16(2)25(15)13-18-9-6-10-29-18)21(27)30-14-20(26)24-22(28)23-12-17-7-4-3-5-8-17/h3-11H,12-14H2,1-2H3,(H2,23,24,26,28). The van der Waals surface area contributed by atoms with E-state index >= 15 is 0 Å². The van der Waals surface area contributed by atoms with E-state index in [1.165, 1.54) is 0 Å². The maximum atomic E-state index is 12.4. The molecule has 3 amide bonds. The summed E-state index contributed by atoms with van der Waals surface area (Å²) in [5.41, 5.74) is 2.83. The van der Waals surface area contributed by atoms with Gasteiger partial charge in [0.05, 0.1) is 18.4 Å². The maximum absolute atomic E-state index is 12.4. The van der Waals surface area contributed by atoms with Crippen molar-refractivity contribution in [3.63, 3.8) is 0 Å². The van der Waals surface area contributed by atoms with E-state index in [-0.39, 0.29) is 6.54 Å². The van der Waals surface area contributed by atoms with E-state index in [0.717, 1.165) is 17.0 Å². The van der Waals surface area contributed by atoms with Gasteiger partial charge >= 0.3 is 12.0 Å². The molecule has 0 saturated heterocycles. The molecule has 2 aromatic heterocycles. The second-order valence-corrected chi connectivity index (χ2v) is 6.74. The SMILES string of the molecule is Cc1cc(C(=O)OCC(=O)NC(=O)NCc2ccccc2)c(C)n1Cc1ccco1. The zero-order chi connectivity index (χ0) is 21.5. The Morgan fingerprint density at radius 2 is 1.83 bits per heavy atom. The van der Waals surface area contributed by atoms with Crippen LogP contribution in [0.25, 0.3) is 0 Å². The molecule has 0 bridgehead atoms. The van der Waals surface area contributed by atoms with Crippen molar-refractivity contribution in [2.75, 3.05) is 6.61 Å². The first kappa shape index (κ1) is 20.9. The Kier molecular flexibility index (Phi) is 6.69. The van der Waals surface area contributed by atoms with Crippen molar-refractivity contribution in [2.24, 2.45) is 0 Å². The average Bonchev–Trinajstić information content (AvgIpc) is 3.35. The first-order valence-electron chi connectivity index (χ1n) is 9.42. The third kappa shape index (κ3) is 5.38. The first-order chi connectivity index (χ1) is 14.4. The van der Waals surface area contributed by atoms with Gasteiger partial charge < -0.3 is 19.0 Å². The summed E-state index contributed by atoms with van der Waals surface area (Å²) in [5, 5.41) is 4.70. The average molecular weight is 409 g/mol. The third-order valence-electron chi connectivity index (χ3n) is 4.57. The van der Waals surface area contributed by atoms with Crippen LogP contribution in [0.3, 0.4) is 0 Å². The summed E-state index contributed by atoms with van der Waals surface area (Å²) in [6.45, 7) is 3.88. The number of hydrogen-bond donors (Lipinski definition) is 2. The van der Waals surface area contributed by atoms with Gasteiger partial charge in [0.2, 0.25) is 0 Å². The highest BCUT2D eigenvalue weighted by molar-refractivity contribution is 5.97. The molecule has 0 fully saturated rings. The quantitative estimate of drug-likeness (QED) is 0.584. The molecular formula is C22H23N3O5. The predicted octanol–water partition coefficient (Wildman–Crippen LogP) is 2.93. The normalized spacial score (nSPS) is 10.5. The molecular weight excluding hydrogens is 386 g/mol. The molecule has 3 aromatic rings. The van der Waals surface area contributed by atoms with Gasteiger partial charge in [-0.05, 0) is 37.6 Å². The third-order valence-corrected chi connectivity index (χ3v) is 4.57. The lowest BCUT2D eigenvalue weighted by molar-refractivity contribution is -0.123. The number of carbonyl (C=O) groups is 3. The van der Waals surface area contributed by atoms with Gasteiger partial charge in [-0.1, -0.05) is 30.3 Å². The highest BCUT2D eigenvalue weighted by Gasteiger charge is 2.19. The Balaban J connectivity index is 1.49. The lowest BCUT2D eigenvalue weighted by atomic mass is 10.2. The second-order valence-electron chi connectivity index (χ2n) is 6.74. The molecule has 0 aliphatic rings. The largest absolute Gasteiger partial charge is 0.467 e. The zero-order valence-corrected chi connectivity index (χ0v) is 16.8. The van der Waals surface area contributed by atoms with E-state index < -0.39 is 24.5 Å². The van der Waals surface area contributed by atoms with Crippen molar-refractivity contribution in [3.05, 3.63) is 83.1 Å². The van der Waals surface area contributed by atoms with Gasteiger partial charge in [-0.3, -0.25) is 10.1 Å². The molecule has 0 unspecified atom stereocenters. The van der Waals surface area contributed by atoms with E-state index in [1.54, 1.807) is 25.3 Å². The Morgan fingerprint density at radius 3 is 2.53 bits per heavy atom. The topological polar surface area (TPSA) is 103 Å². The Hall–Kier alpha value is -3.81. The minimum atomic E-state index is -0.710. The molecule has 2 heterocycles. The van der Waals surface area contributed by atoms with Crippen LogP contribution in [0.2, 0.25) is 0 Å². The fraction of sp³-hybridized carbons (Fsp3) is 0.227. The fourth-order valence-electron chi connectivity index (χ4n) is 3.00. The number of ether oxygens (including phenoxy) is 1. The Morgan fingerprint density at radius 1 is 1.07 bits per heavy atom. The number of rotatable bonds is 7. The number of nitrogens with zero attached hydrogens (tertiary/aromatic N) is 1. The van der Waals surface area contributed by atoms with Crippen molar-refractivity contribution in [3.8, 4) is 0 Å². The van der Waals surface area contributed by atoms with E-state index in [0.29, 0.717) is 17.8 Å². The van der Waals surface area contributed by atoms with Gasteiger partial charge in [-0.2, -0.15) is 0 Å². The minimum Gasteiger partial charge on any atom is -0.467 e. The first-order valence-corrected chi connectivity index (χ1v) is 9.42. The summed E-state index contributed by atoms with van der Waals surface area (Å²) >= 11 is 0. The van der Waals surface area contributed by atoms with Crippen LogP contribution in [-0.2, 0) is 22.6 Å².